The molecule has 0 saturated heterocycles. The van der Waals surface area contributed by atoms with Gasteiger partial charge in [-0.25, -0.2) is 4.39 Å². The van der Waals surface area contributed by atoms with Crippen molar-refractivity contribution >= 4 is 5.91 Å². The Bertz CT molecular complexity index is 729. The van der Waals surface area contributed by atoms with Gasteiger partial charge in [0.2, 0.25) is 5.91 Å². The van der Waals surface area contributed by atoms with Crippen molar-refractivity contribution in [1.29, 1.82) is 0 Å². The first-order valence-electron chi connectivity index (χ1n) is 9.05. The minimum Gasteiger partial charge on any atom is -0.492 e. The number of rotatable bonds is 9. The van der Waals surface area contributed by atoms with Crippen molar-refractivity contribution in [3.05, 3.63) is 65.5 Å². The first kappa shape index (κ1) is 18.4. The first-order chi connectivity index (χ1) is 12.6. The van der Waals surface area contributed by atoms with E-state index < -0.39 is 0 Å². The maximum atomic E-state index is 13.0. The molecule has 0 heterocycles. The third-order valence-corrected chi connectivity index (χ3v) is 4.39. The van der Waals surface area contributed by atoms with E-state index >= 15 is 0 Å². The predicted molar refractivity (Wildman–Crippen MR) is 99.5 cm³/mol. The minimum absolute atomic E-state index is 0.00754. The zero-order chi connectivity index (χ0) is 18.4. The van der Waals surface area contributed by atoms with Crippen molar-refractivity contribution in [2.24, 2.45) is 0 Å². The summed E-state index contributed by atoms with van der Waals surface area (Å²) in [5, 5.41) is 2.91. The molecule has 0 spiro atoms. The van der Waals surface area contributed by atoms with E-state index in [1.807, 2.05) is 31.2 Å². The molecule has 0 unspecified atom stereocenters. The molecule has 2 aromatic carbocycles. The Balaban J connectivity index is 1.41. The number of hydrogen-bond acceptors (Lipinski definition) is 3. The van der Waals surface area contributed by atoms with E-state index in [9.17, 15) is 9.18 Å². The van der Waals surface area contributed by atoms with Crippen molar-refractivity contribution in [3.63, 3.8) is 0 Å². The molecule has 1 aliphatic rings. The van der Waals surface area contributed by atoms with Gasteiger partial charge in [-0.1, -0.05) is 24.3 Å². The lowest BCUT2D eigenvalue weighted by molar-refractivity contribution is -0.122. The second-order valence-electron chi connectivity index (χ2n) is 6.78. The van der Waals surface area contributed by atoms with Crippen LogP contribution >= 0.6 is 0 Å². The van der Waals surface area contributed by atoms with E-state index in [1.54, 1.807) is 12.1 Å². The van der Waals surface area contributed by atoms with Gasteiger partial charge < -0.3 is 10.1 Å². The molecule has 1 fully saturated rings. The Morgan fingerprint density at radius 3 is 2.69 bits per heavy atom. The van der Waals surface area contributed by atoms with Crippen LogP contribution in [0.2, 0.25) is 0 Å². The SMILES string of the molecule is Cc1cccc(OCCNC(=O)CN(Cc2ccc(F)cc2)C2CC2)c1. The van der Waals surface area contributed by atoms with Gasteiger partial charge >= 0.3 is 0 Å². The summed E-state index contributed by atoms with van der Waals surface area (Å²) in [6.07, 6.45) is 2.23. The Labute approximate surface area is 154 Å². The number of halogens is 1. The molecule has 1 saturated carbocycles. The Morgan fingerprint density at radius 1 is 1.23 bits per heavy atom. The topological polar surface area (TPSA) is 41.6 Å². The lowest BCUT2D eigenvalue weighted by Gasteiger charge is -2.21. The number of amides is 1. The van der Waals surface area contributed by atoms with Gasteiger partial charge in [-0.05, 0) is 55.2 Å². The molecule has 1 amide bonds. The summed E-state index contributed by atoms with van der Waals surface area (Å²) in [6, 6.07) is 14.8. The standard InChI is InChI=1S/C21H25FN2O2/c1-16-3-2-4-20(13-16)26-12-11-23-21(25)15-24(19-9-10-19)14-17-5-7-18(22)8-6-17/h2-8,13,19H,9-12,14-15H2,1H3,(H,23,25). The quantitative estimate of drug-likeness (QED) is 0.701. The van der Waals surface area contributed by atoms with Crippen LogP contribution in [0.15, 0.2) is 48.5 Å². The van der Waals surface area contributed by atoms with Gasteiger partial charge in [0.05, 0.1) is 13.1 Å². The smallest absolute Gasteiger partial charge is 0.234 e. The van der Waals surface area contributed by atoms with Crippen LogP contribution in [0.1, 0.15) is 24.0 Å². The summed E-state index contributed by atoms with van der Waals surface area (Å²) in [5.74, 6) is 0.570. The highest BCUT2D eigenvalue weighted by molar-refractivity contribution is 5.78. The molecule has 0 bridgehead atoms. The number of nitrogens with one attached hydrogen (secondary N) is 1. The molecule has 26 heavy (non-hydrogen) atoms. The first-order valence-corrected chi connectivity index (χ1v) is 9.05. The minimum atomic E-state index is -0.238. The Hall–Kier alpha value is -2.40. The third-order valence-electron chi connectivity index (χ3n) is 4.39. The molecular weight excluding hydrogens is 331 g/mol. The maximum Gasteiger partial charge on any atom is 0.234 e. The van der Waals surface area contributed by atoms with E-state index in [0.29, 0.717) is 32.3 Å². The van der Waals surface area contributed by atoms with Gasteiger partial charge in [0.25, 0.3) is 0 Å². The van der Waals surface area contributed by atoms with Gasteiger partial charge in [0.15, 0.2) is 0 Å². The highest BCUT2D eigenvalue weighted by Gasteiger charge is 2.30. The molecule has 0 aromatic heterocycles. The number of ether oxygens (including phenoxy) is 1. The predicted octanol–water partition coefficient (Wildman–Crippen LogP) is 3.29. The summed E-state index contributed by atoms with van der Waals surface area (Å²) >= 11 is 0. The fourth-order valence-electron chi connectivity index (χ4n) is 2.88. The van der Waals surface area contributed by atoms with Crippen molar-refractivity contribution in [2.75, 3.05) is 19.7 Å². The van der Waals surface area contributed by atoms with Crippen molar-refractivity contribution in [1.82, 2.24) is 10.2 Å². The van der Waals surface area contributed by atoms with Gasteiger partial charge in [0, 0.05) is 12.6 Å². The Kier molecular flexibility index (Phi) is 6.23. The molecule has 1 aliphatic carbocycles. The van der Waals surface area contributed by atoms with Crippen molar-refractivity contribution in [3.8, 4) is 5.75 Å². The molecule has 2 aromatic rings. The fourth-order valence-corrected chi connectivity index (χ4v) is 2.88. The average Bonchev–Trinajstić information content (AvgIpc) is 3.45. The molecule has 0 atom stereocenters. The van der Waals surface area contributed by atoms with E-state index in [4.69, 9.17) is 4.74 Å². The van der Waals surface area contributed by atoms with Crippen LogP contribution in [0.25, 0.3) is 0 Å². The molecule has 0 radical (unpaired) electrons. The lowest BCUT2D eigenvalue weighted by Crippen LogP contribution is -2.39. The zero-order valence-electron chi connectivity index (χ0n) is 15.1. The van der Waals surface area contributed by atoms with Gasteiger partial charge in [-0.3, -0.25) is 9.69 Å². The third kappa shape index (κ3) is 5.85. The molecular formula is C21H25FN2O2. The van der Waals surface area contributed by atoms with Crippen LogP contribution in [0.4, 0.5) is 4.39 Å². The summed E-state index contributed by atoms with van der Waals surface area (Å²) in [4.78, 5) is 14.4. The summed E-state index contributed by atoms with van der Waals surface area (Å²) in [7, 11) is 0. The number of carbonyl (C=O) groups excluding carboxylic acids is 1. The second kappa shape index (κ2) is 8.81. The second-order valence-corrected chi connectivity index (χ2v) is 6.78. The van der Waals surface area contributed by atoms with Gasteiger partial charge in [0.1, 0.15) is 18.2 Å². The van der Waals surface area contributed by atoms with E-state index in [2.05, 4.69) is 10.2 Å². The number of nitrogens with zero attached hydrogens (tertiary/aromatic N) is 1. The molecule has 0 aliphatic heterocycles. The summed E-state index contributed by atoms with van der Waals surface area (Å²) in [6.45, 7) is 3.95. The Morgan fingerprint density at radius 2 is 2.00 bits per heavy atom. The average molecular weight is 356 g/mol. The van der Waals surface area contributed by atoms with Crippen LogP contribution < -0.4 is 10.1 Å². The van der Waals surface area contributed by atoms with Gasteiger partial charge in [-0.15, -0.1) is 0 Å². The van der Waals surface area contributed by atoms with Crippen LogP contribution in [-0.2, 0) is 11.3 Å². The molecule has 5 heteroatoms. The van der Waals surface area contributed by atoms with Gasteiger partial charge in [-0.2, -0.15) is 0 Å². The fraction of sp³-hybridized carbons (Fsp3) is 0.381. The molecule has 138 valence electrons. The molecule has 1 N–H and O–H groups in total. The monoisotopic (exact) mass is 356 g/mol. The summed E-state index contributed by atoms with van der Waals surface area (Å²) < 4.78 is 18.7. The lowest BCUT2D eigenvalue weighted by atomic mass is 10.2. The van der Waals surface area contributed by atoms with E-state index in [1.165, 1.54) is 12.1 Å². The van der Waals surface area contributed by atoms with E-state index in [-0.39, 0.29) is 11.7 Å². The highest BCUT2D eigenvalue weighted by Crippen LogP contribution is 2.28. The number of hydrogen-bond donors (Lipinski definition) is 1. The zero-order valence-corrected chi connectivity index (χ0v) is 15.1. The molecule has 3 rings (SSSR count). The molecule has 4 nitrogen and oxygen atoms in total. The summed E-state index contributed by atoms with van der Waals surface area (Å²) in [5.41, 5.74) is 2.17. The normalized spacial score (nSPS) is 13.7. The number of benzene rings is 2. The van der Waals surface area contributed by atoms with Crippen LogP contribution in [-0.4, -0.2) is 36.5 Å². The van der Waals surface area contributed by atoms with Crippen molar-refractivity contribution in [2.45, 2.75) is 32.4 Å². The number of carbonyl (C=O) groups is 1. The van der Waals surface area contributed by atoms with Crippen LogP contribution in [0.5, 0.6) is 5.75 Å². The maximum absolute atomic E-state index is 13.0. The van der Waals surface area contributed by atoms with Crippen LogP contribution in [0.3, 0.4) is 0 Å². The number of aryl methyl sites for hydroxylation is 1. The van der Waals surface area contributed by atoms with Crippen molar-refractivity contribution < 1.29 is 13.9 Å². The highest BCUT2D eigenvalue weighted by atomic mass is 19.1. The van der Waals surface area contributed by atoms with E-state index in [0.717, 1.165) is 29.7 Å². The van der Waals surface area contributed by atoms with Crippen LogP contribution in [0, 0.1) is 12.7 Å². The largest absolute Gasteiger partial charge is 0.492 e.